The highest BCUT2D eigenvalue weighted by Crippen LogP contribution is 2.33. The smallest absolute Gasteiger partial charge is 0.191 e. The van der Waals surface area contributed by atoms with Crippen molar-refractivity contribution in [2.24, 2.45) is 4.99 Å². The third kappa shape index (κ3) is 7.74. The Kier molecular flexibility index (Phi) is 12.1. The quantitative estimate of drug-likeness (QED) is 0.209. The second-order valence-corrected chi connectivity index (χ2v) is 8.62. The predicted octanol–water partition coefficient (Wildman–Crippen LogP) is 3.34. The molecule has 1 saturated heterocycles. The summed E-state index contributed by atoms with van der Waals surface area (Å²) in [6.45, 7) is 8.51. The number of morpholine rings is 1. The normalized spacial score (nSPS) is 19.2. The van der Waals surface area contributed by atoms with Crippen LogP contribution in [0.5, 0.6) is 5.75 Å². The second kappa shape index (κ2) is 14.2. The highest BCUT2D eigenvalue weighted by Gasteiger charge is 2.38. The Labute approximate surface area is 210 Å². The van der Waals surface area contributed by atoms with E-state index in [9.17, 15) is 0 Å². The lowest BCUT2D eigenvalue weighted by Gasteiger charge is -2.48. The first-order valence-corrected chi connectivity index (χ1v) is 11.7. The molecule has 1 aliphatic heterocycles. The van der Waals surface area contributed by atoms with Crippen molar-refractivity contribution in [2.45, 2.75) is 51.1 Å². The first kappa shape index (κ1) is 27.1. The van der Waals surface area contributed by atoms with Gasteiger partial charge < -0.3 is 24.8 Å². The van der Waals surface area contributed by atoms with Crippen LogP contribution in [0.3, 0.4) is 0 Å². The number of hydrogen-bond donors (Lipinski definition) is 2. The van der Waals surface area contributed by atoms with Crippen molar-refractivity contribution >= 4 is 29.9 Å². The van der Waals surface area contributed by atoms with E-state index in [1.54, 1.807) is 7.11 Å². The van der Waals surface area contributed by atoms with Gasteiger partial charge in [-0.25, -0.2) is 0 Å². The van der Waals surface area contributed by atoms with Gasteiger partial charge in [0.25, 0.3) is 0 Å². The molecule has 1 aromatic carbocycles. The van der Waals surface area contributed by atoms with E-state index in [1.807, 2.05) is 7.05 Å². The number of hydrogen-bond acceptors (Lipinski definition) is 5. The molecule has 3 rings (SSSR count). The maximum absolute atomic E-state index is 5.93. The summed E-state index contributed by atoms with van der Waals surface area (Å²) in [5.74, 6) is 1.73. The van der Waals surface area contributed by atoms with E-state index in [2.05, 4.69) is 45.6 Å². The fourth-order valence-corrected chi connectivity index (χ4v) is 4.68. The monoisotopic (exact) mass is 560 g/mol. The molecule has 0 spiro atoms. The molecule has 8 heteroatoms. The zero-order valence-corrected chi connectivity index (χ0v) is 22.3. The predicted molar refractivity (Wildman–Crippen MR) is 140 cm³/mol. The molecule has 32 heavy (non-hydrogen) atoms. The summed E-state index contributed by atoms with van der Waals surface area (Å²) in [6.07, 6.45) is 6.43. The Hall–Kier alpha value is -1.10. The van der Waals surface area contributed by atoms with E-state index < -0.39 is 0 Å². The van der Waals surface area contributed by atoms with Crippen molar-refractivity contribution in [1.82, 2.24) is 15.5 Å². The molecular weight excluding hydrogens is 519 g/mol. The summed E-state index contributed by atoms with van der Waals surface area (Å²) in [5, 5.41) is 7.11. The molecule has 0 unspecified atom stereocenters. The van der Waals surface area contributed by atoms with E-state index in [0.717, 1.165) is 50.1 Å². The van der Waals surface area contributed by atoms with Crippen molar-refractivity contribution < 1.29 is 14.2 Å². The number of ether oxygens (including phenoxy) is 3. The molecule has 2 aliphatic rings. The van der Waals surface area contributed by atoms with Gasteiger partial charge in [0.1, 0.15) is 12.4 Å². The van der Waals surface area contributed by atoms with Crippen LogP contribution in [-0.4, -0.2) is 76.6 Å². The topological polar surface area (TPSA) is 67.4 Å². The number of methoxy groups -OCH3 is 1. The Morgan fingerprint density at radius 2 is 1.88 bits per heavy atom. The van der Waals surface area contributed by atoms with Gasteiger partial charge in [0.15, 0.2) is 5.96 Å². The van der Waals surface area contributed by atoms with Crippen LogP contribution in [0.25, 0.3) is 0 Å². The lowest BCUT2D eigenvalue weighted by molar-refractivity contribution is -0.0352. The third-order valence-corrected chi connectivity index (χ3v) is 6.49. The van der Waals surface area contributed by atoms with Gasteiger partial charge in [-0.2, -0.15) is 0 Å². The van der Waals surface area contributed by atoms with Crippen molar-refractivity contribution in [1.29, 1.82) is 0 Å². The van der Waals surface area contributed by atoms with Crippen molar-refractivity contribution in [2.75, 3.05) is 60.2 Å². The highest BCUT2D eigenvalue weighted by atomic mass is 127. The summed E-state index contributed by atoms with van der Waals surface area (Å²) >= 11 is 0. The number of nitrogens with one attached hydrogen (secondary N) is 2. The molecule has 1 aliphatic carbocycles. The molecule has 0 bridgehead atoms. The zero-order chi connectivity index (χ0) is 21.9. The summed E-state index contributed by atoms with van der Waals surface area (Å²) in [4.78, 5) is 7.13. The number of aliphatic imine (C=N–C) groups is 1. The molecule has 2 N–H and O–H groups in total. The number of rotatable bonds is 9. The van der Waals surface area contributed by atoms with Crippen LogP contribution < -0.4 is 15.4 Å². The van der Waals surface area contributed by atoms with Crippen LogP contribution in [0, 0.1) is 6.92 Å². The fraction of sp³-hybridized carbons (Fsp3) is 0.708. The van der Waals surface area contributed by atoms with E-state index >= 15 is 0 Å². The SMILES string of the molecule is CN=C(NCc1ccc(C)cc1OCCOC)NCC1(N2CCOCC2)CCCCC1.I. The first-order valence-electron chi connectivity index (χ1n) is 11.7. The molecule has 0 amide bonds. The lowest BCUT2D eigenvalue weighted by atomic mass is 9.80. The van der Waals surface area contributed by atoms with Crippen LogP contribution in [0.1, 0.15) is 43.2 Å². The summed E-state index contributed by atoms with van der Waals surface area (Å²) in [7, 11) is 3.52. The van der Waals surface area contributed by atoms with E-state index in [0.29, 0.717) is 19.8 Å². The first-order chi connectivity index (χ1) is 15.2. The Bertz CT molecular complexity index is 704. The number of aryl methyl sites for hydroxylation is 1. The minimum absolute atomic E-state index is 0. The molecule has 1 saturated carbocycles. The largest absolute Gasteiger partial charge is 0.491 e. The molecule has 1 aromatic rings. The second-order valence-electron chi connectivity index (χ2n) is 8.62. The Morgan fingerprint density at radius 1 is 1.12 bits per heavy atom. The lowest BCUT2D eigenvalue weighted by Crippen LogP contribution is -2.60. The van der Waals surface area contributed by atoms with E-state index in [-0.39, 0.29) is 29.5 Å². The zero-order valence-electron chi connectivity index (χ0n) is 20.0. The van der Waals surface area contributed by atoms with Crippen LogP contribution in [0.15, 0.2) is 23.2 Å². The van der Waals surface area contributed by atoms with Crippen molar-refractivity contribution in [3.05, 3.63) is 29.3 Å². The standard InChI is InChI=1S/C24H40N4O3.HI/c1-20-7-8-21(22(17-20)31-16-15-29-3)18-26-23(25-2)27-19-24(9-5-4-6-10-24)28-11-13-30-14-12-28;/h7-8,17H,4-6,9-16,18-19H2,1-3H3,(H2,25,26,27);1H. The van der Waals surface area contributed by atoms with E-state index in [4.69, 9.17) is 14.2 Å². The summed E-state index contributed by atoms with van der Waals surface area (Å²) in [6, 6.07) is 6.32. The minimum atomic E-state index is 0. The average Bonchev–Trinajstić information content (AvgIpc) is 2.81. The van der Waals surface area contributed by atoms with Gasteiger partial charge in [-0.3, -0.25) is 9.89 Å². The van der Waals surface area contributed by atoms with Gasteiger partial charge in [-0.1, -0.05) is 31.4 Å². The molecule has 0 atom stereocenters. The molecule has 1 heterocycles. The van der Waals surface area contributed by atoms with Gasteiger partial charge in [0.05, 0.1) is 19.8 Å². The molecule has 0 radical (unpaired) electrons. The van der Waals surface area contributed by atoms with Gasteiger partial charge >= 0.3 is 0 Å². The van der Waals surface area contributed by atoms with Gasteiger partial charge in [-0.05, 0) is 31.4 Å². The number of halogens is 1. The van der Waals surface area contributed by atoms with E-state index in [1.165, 1.54) is 37.7 Å². The molecule has 182 valence electrons. The number of nitrogens with zero attached hydrogens (tertiary/aromatic N) is 2. The molecule has 0 aromatic heterocycles. The Morgan fingerprint density at radius 3 is 2.56 bits per heavy atom. The summed E-state index contributed by atoms with van der Waals surface area (Å²) in [5.41, 5.74) is 2.51. The van der Waals surface area contributed by atoms with Crippen LogP contribution in [0.4, 0.5) is 0 Å². The Balaban J connectivity index is 0.00000363. The number of guanidine groups is 1. The molecular formula is C24H41IN4O3. The maximum Gasteiger partial charge on any atom is 0.191 e. The van der Waals surface area contributed by atoms with Crippen LogP contribution in [-0.2, 0) is 16.0 Å². The third-order valence-electron chi connectivity index (χ3n) is 6.49. The fourth-order valence-electron chi connectivity index (χ4n) is 4.68. The van der Waals surface area contributed by atoms with Gasteiger partial charge in [-0.15, -0.1) is 24.0 Å². The van der Waals surface area contributed by atoms with Gasteiger partial charge in [0.2, 0.25) is 0 Å². The maximum atomic E-state index is 5.93. The molecule has 7 nitrogen and oxygen atoms in total. The molecule has 2 fully saturated rings. The van der Waals surface area contributed by atoms with Crippen LogP contribution in [0.2, 0.25) is 0 Å². The number of benzene rings is 1. The van der Waals surface area contributed by atoms with Crippen LogP contribution >= 0.6 is 24.0 Å². The van der Waals surface area contributed by atoms with Crippen molar-refractivity contribution in [3.63, 3.8) is 0 Å². The van der Waals surface area contributed by atoms with Crippen molar-refractivity contribution in [3.8, 4) is 5.75 Å². The minimum Gasteiger partial charge on any atom is -0.491 e. The van der Waals surface area contributed by atoms with Gasteiger partial charge in [0, 0.05) is 51.4 Å². The average molecular weight is 561 g/mol. The highest BCUT2D eigenvalue weighted by molar-refractivity contribution is 14.0. The summed E-state index contributed by atoms with van der Waals surface area (Å²) < 4.78 is 16.7.